The molecule has 3 heteroatoms. The lowest BCUT2D eigenvalue weighted by Gasteiger charge is -2.13. The molecule has 3 nitrogen and oxygen atoms in total. The maximum Gasteiger partial charge on any atom is 0.225 e. The summed E-state index contributed by atoms with van der Waals surface area (Å²) in [6.07, 6.45) is 2.18. The van der Waals surface area contributed by atoms with Crippen LogP contribution in [-0.2, 0) is 11.2 Å². The van der Waals surface area contributed by atoms with E-state index in [1.165, 1.54) is 11.1 Å². The first-order chi connectivity index (χ1) is 8.72. The summed E-state index contributed by atoms with van der Waals surface area (Å²) in [5, 5.41) is 11.5. The molecule has 1 fully saturated rings. The number of nitriles is 1. The first kappa shape index (κ1) is 11.3. The fourth-order valence-corrected chi connectivity index (χ4v) is 3.27. The van der Waals surface area contributed by atoms with Gasteiger partial charge in [-0.2, -0.15) is 5.26 Å². The van der Waals surface area contributed by atoms with Crippen molar-refractivity contribution < 1.29 is 4.79 Å². The van der Waals surface area contributed by atoms with Crippen molar-refractivity contribution >= 4 is 5.91 Å². The minimum absolute atomic E-state index is 0.0516. The highest BCUT2D eigenvalue weighted by molar-refractivity contribution is 5.84. The van der Waals surface area contributed by atoms with E-state index in [1.54, 1.807) is 6.92 Å². The quantitative estimate of drug-likeness (QED) is 0.859. The number of hydrogen-bond donors (Lipinski definition) is 1. The van der Waals surface area contributed by atoms with Crippen LogP contribution in [0.15, 0.2) is 24.3 Å². The van der Waals surface area contributed by atoms with E-state index in [4.69, 9.17) is 5.26 Å². The minimum atomic E-state index is -0.393. The Balaban J connectivity index is 1.77. The Labute approximate surface area is 107 Å². The molecule has 4 unspecified atom stereocenters. The van der Waals surface area contributed by atoms with Crippen molar-refractivity contribution in [1.82, 2.24) is 5.32 Å². The number of rotatable bonds is 2. The van der Waals surface area contributed by atoms with Crippen molar-refractivity contribution in [2.24, 2.45) is 11.8 Å². The second-order valence-corrected chi connectivity index (χ2v) is 5.31. The molecule has 1 aromatic rings. The number of aryl methyl sites for hydroxylation is 1. The van der Waals surface area contributed by atoms with Gasteiger partial charge in [0, 0.05) is 5.92 Å². The van der Waals surface area contributed by atoms with Crippen molar-refractivity contribution in [3.8, 4) is 6.07 Å². The molecular weight excluding hydrogens is 224 g/mol. The summed E-state index contributed by atoms with van der Waals surface area (Å²) in [7, 11) is 0. The zero-order valence-electron chi connectivity index (χ0n) is 10.4. The molecule has 0 spiro atoms. The van der Waals surface area contributed by atoms with E-state index in [0.717, 1.165) is 12.8 Å². The third-order valence-electron chi connectivity index (χ3n) is 4.18. The third kappa shape index (κ3) is 1.69. The van der Waals surface area contributed by atoms with E-state index in [2.05, 4.69) is 23.5 Å². The van der Waals surface area contributed by atoms with Crippen LogP contribution >= 0.6 is 0 Å². The summed E-state index contributed by atoms with van der Waals surface area (Å²) < 4.78 is 0. The standard InChI is InChI=1S/C15H16N2O/c1-9(8-16)17-15(18)14-12-7-6-10-4-2-3-5-11(10)13(12)14/h2-5,9,12-14H,6-7H2,1H3,(H,17,18). The molecule has 3 rings (SSSR count). The fraction of sp³-hybridized carbons (Fsp3) is 0.467. The normalized spacial score (nSPS) is 29.4. The van der Waals surface area contributed by atoms with Gasteiger partial charge in [0.05, 0.1) is 6.07 Å². The predicted octanol–water partition coefficient (Wildman–Crippen LogP) is 1.99. The van der Waals surface area contributed by atoms with E-state index in [1.807, 2.05) is 12.1 Å². The molecule has 4 atom stereocenters. The first-order valence-corrected chi connectivity index (χ1v) is 6.50. The molecule has 0 aromatic heterocycles. The molecule has 1 aromatic carbocycles. The van der Waals surface area contributed by atoms with E-state index in [9.17, 15) is 4.79 Å². The zero-order chi connectivity index (χ0) is 12.7. The summed E-state index contributed by atoms with van der Waals surface area (Å²) in [5.41, 5.74) is 2.74. The van der Waals surface area contributed by atoms with Crippen molar-refractivity contribution in [2.75, 3.05) is 0 Å². The maximum atomic E-state index is 12.1. The number of hydrogen-bond acceptors (Lipinski definition) is 2. The van der Waals surface area contributed by atoms with Gasteiger partial charge in [0.2, 0.25) is 5.91 Å². The summed E-state index contributed by atoms with van der Waals surface area (Å²) in [6.45, 7) is 1.72. The first-order valence-electron chi connectivity index (χ1n) is 6.50. The SMILES string of the molecule is CC(C#N)NC(=O)C1C2CCc3ccccc3C21. The molecule has 0 heterocycles. The van der Waals surface area contributed by atoms with Crippen molar-refractivity contribution in [3.05, 3.63) is 35.4 Å². The van der Waals surface area contributed by atoms with Crippen molar-refractivity contribution in [2.45, 2.75) is 31.7 Å². The Morgan fingerprint density at radius 3 is 3.06 bits per heavy atom. The number of nitrogens with zero attached hydrogens (tertiary/aromatic N) is 1. The van der Waals surface area contributed by atoms with E-state index in [0.29, 0.717) is 11.8 Å². The molecule has 2 aliphatic rings. The van der Waals surface area contributed by atoms with Gasteiger partial charge < -0.3 is 5.32 Å². The lowest BCUT2D eigenvalue weighted by Crippen LogP contribution is -2.33. The third-order valence-corrected chi connectivity index (χ3v) is 4.18. The van der Waals surface area contributed by atoms with Crippen LogP contribution in [0.2, 0.25) is 0 Å². The number of carbonyl (C=O) groups excluding carboxylic acids is 1. The Bertz CT molecular complexity index is 532. The number of fused-ring (bicyclic) bond motifs is 3. The second-order valence-electron chi connectivity index (χ2n) is 5.31. The molecule has 0 aliphatic heterocycles. The van der Waals surface area contributed by atoms with Crippen LogP contribution in [-0.4, -0.2) is 11.9 Å². The van der Waals surface area contributed by atoms with Crippen LogP contribution in [0.1, 0.15) is 30.4 Å². The van der Waals surface area contributed by atoms with Gasteiger partial charge in [-0.25, -0.2) is 0 Å². The van der Waals surface area contributed by atoms with Gasteiger partial charge in [0.15, 0.2) is 0 Å². The van der Waals surface area contributed by atoms with Crippen LogP contribution in [0.4, 0.5) is 0 Å². The Hall–Kier alpha value is -1.82. The highest BCUT2D eigenvalue weighted by Crippen LogP contribution is 2.59. The van der Waals surface area contributed by atoms with Crippen molar-refractivity contribution in [1.29, 1.82) is 5.26 Å². The van der Waals surface area contributed by atoms with Gasteiger partial charge in [0.25, 0.3) is 0 Å². The summed E-state index contributed by atoms with van der Waals surface area (Å²) >= 11 is 0. The summed E-state index contributed by atoms with van der Waals surface area (Å²) in [4.78, 5) is 12.1. The Kier molecular flexibility index (Phi) is 2.59. The number of benzene rings is 1. The molecule has 2 aliphatic carbocycles. The summed E-state index contributed by atoms with van der Waals surface area (Å²) in [6, 6.07) is 10.1. The highest BCUT2D eigenvalue weighted by Gasteiger charge is 2.56. The van der Waals surface area contributed by atoms with Gasteiger partial charge in [-0.3, -0.25) is 4.79 Å². The smallest absolute Gasteiger partial charge is 0.225 e. The number of amides is 1. The average Bonchev–Trinajstić information content (AvgIpc) is 3.13. The van der Waals surface area contributed by atoms with E-state index < -0.39 is 6.04 Å². The second kappa shape index (κ2) is 4.13. The monoisotopic (exact) mass is 240 g/mol. The largest absolute Gasteiger partial charge is 0.340 e. The molecule has 18 heavy (non-hydrogen) atoms. The van der Waals surface area contributed by atoms with Crippen LogP contribution < -0.4 is 5.32 Å². The minimum Gasteiger partial charge on any atom is -0.340 e. The Morgan fingerprint density at radius 2 is 2.28 bits per heavy atom. The molecule has 0 saturated heterocycles. The van der Waals surface area contributed by atoms with E-state index >= 15 is 0 Å². The molecule has 1 N–H and O–H groups in total. The molecule has 92 valence electrons. The fourth-order valence-electron chi connectivity index (χ4n) is 3.27. The van der Waals surface area contributed by atoms with Gasteiger partial charge >= 0.3 is 0 Å². The van der Waals surface area contributed by atoms with Crippen LogP contribution in [0.5, 0.6) is 0 Å². The molecule has 1 amide bonds. The molecule has 0 bridgehead atoms. The summed E-state index contributed by atoms with van der Waals surface area (Å²) in [5.74, 6) is 1.02. The van der Waals surface area contributed by atoms with Crippen molar-refractivity contribution in [3.63, 3.8) is 0 Å². The van der Waals surface area contributed by atoms with Crippen LogP contribution in [0.3, 0.4) is 0 Å². The van der Waals surface area contributed by atoms with E-state index in [-0.39, 0.29) is 11.8 Å². The topological polar surface area (TPSA) is 52.9 Å². The molecule has 0 radical (unpaired) electrons. The highest BCUT2D eigenvalue weighted by atomic mass is 16.2. The number of nitrogens with one attached hydrogen (secondary N) is 1. The number of carbonyl (C=O) groups is 1. The zero-order valence-corrected chi connectivity index (χ0v) is 10.4. The van der Waals surface area contributed by atoms with Crippen LogP contribution in [0, 0.1) is 23.2 Å². The average molecular weight is 240 g/mol. The molecular formula is C15H16N2O. The van der Waals surface area contributed by atoms with Crippen LogP contribution in [0.25, 0.3) is 0 Å². The van der Waals surface area contributed by atoms with Gasteiger partial charge in [-0.1, -0.05) is 24.3 Å². The van der Waals surface area contributed by atoms with Gasteiger partial charge in [-0.15, -0.1) is 0 Å². The predicted molar refractivity (Wildman–Crippen MR) is 67.7 cm³/mol. The Morgan fingerprint density at radius 1 is 1.50 bits per heavy atom. The molecule has 1 saturated carbocycles. The van der Waals surface area contributed by atoms with Gasteiger partial charge in [0.1, 0.15) is 6.04 Å². The maximum absolute atomic E-state index is 12.1. The lowest BCUT2D eigenvalue weighted by molar-refractivity contribution is -0.123. The van der Waals surface area contributed by atoms with Gasteiger partial charge in [-0.05, 0) is 42.7 Å². The lowest BCUT2D eigenvalue weighted by atomic mass is 9.92.